The minimum atomic E-state index is -0.214. The number of tetrazole rings is 1. The molecule has 3 atom stereocenters. The zero-order chi connectivity index (χ0) is 15.4. The lowest BCUT2D eigenvalue weighted by Gasteiger charge is -2.32. The molecule has 122 valence electrons. The molecule has 0 saturated carbocycles. The Hall–Kier alpha value is -1.19. The Bertz CT molecular complexity index is 506. The first kappa shape index (κ1) is 15.7. The minimum absolute atomic E-state index is 0.132. The first-order valence-corrected chi connectivity index (χ1v) is 8.51. The van der Waals surface area contributed by atoms with Crippen molar-refractivity contribution < 1.29 is 19.0 Å². The molecule has 1 aromatic heterocycles. The summed E-state index contributed by atoms with van der Waals surface area (Å²) in [6, 6.07) is 0. The normalized spacial score (nSPS) is 29.3. The second-order valence-corrected chi connectivity index (χ2v) is 6.49. The van der Waals surface area contributed by atoms with E-state index in [-0.39, 0.29) is 24.5 Å². The summed E-state index contributed by atoms with van der Waals surface area (Å²) in [5.41, 5.74) is 0. The average Bonchev–Trinajstić information content (AvgIpc) is 2.91. The summed E-state index contributed by atoms with van der Waals surface area (Å²) in [4.78, 5) is 11.8. The summed E-state index contributed by atoms with van der Waals surface area (Å²) < 4.78 is 18.5. The second-order valence-electron chi connectivity index (χ2n) is 5.50. The van der Waals surface area contributed by atoms with Crippen molar-refractivity contribution in [2.24, 2.45) is 7.05 Å². The van der Waals surface area contributed by atoms with Crippen LogP contribution in [0.3, 0.4) is 0 Å². The fourth-order valence-electron chi connectivity index (χ4n) is 2.59. The van der Waals surface area contributed by atoms with Crippen molar-refractivity contribution in [1.82, 2.24) is 20.2 Å². The molecule has 22 heavy (non-hydrogen) atoms. The molecule has 0 radical (unpaired) electrons. The van der Waals surface area contributed by atoms with E-state index in [1.807, 2.05) is 0 Å². The van der Waals surface area contributed by atoms with Gasteiger partial charge in [0.25, 0.3) is 0 Å². The zero-order valence-electron chi connectivity index (χ0n) is 12.5. The fourth-order valence-corrected chi connectivity index (χ4v) is 3.45. The maximum absolute atomic E-state index is 11.8. The quantitative estimate of drug-likeness (QED) is 0.582. The molecule has 0 aromatic carbocycles. The van der Waals surface area contributed by atoms with Gasteiger partial charge in [0.2, 0.25) is 5.16 Å². The van der Waals surface area contributed by atoms with Gasteiger partial charge in [-0.3, -0.25) is 4.79 Å². The number of ether oxygens (including phenoxy) is 3. The highest BCUT2D eigenvalue weighted by Gasteiger charge is 2.32. The molecule has 2 fully saturated rings. The Morgan fingerprint density at radius 3 is 3.09 bits per heavy atom. The monoisotopic (exact) mass is 328 g/mol. The summed E-state index contributed by atoms with van der Waals surface area (Å²) in [6.07, 6.45) is 3.58. The topological polar surface area (TPSA) is 88.4 Å². The smallest absolute Gasteiger partial charge is 0.308 e. The van der Waals surface area contributed by atoms with Crippen molar-refractivity contribution >= 4 is 17.7 Å². The number of thioether (sulfide) groups is 1. The number of hydrogen-bond acceptors (Lipinski definition) is 8. The van der Waals surface area contributed by atoms with Crippen molar-refractivity contribution in [2.75, 3.05) is 12.4 Å². The van der Waals surface area contributed by atoms with Gasteiger partial charge in [-0.05, 0) is 29.7 Å². The number of esters is 1. The molecule has 3 rings (SSSR count). The number of aryl methyl sites for hydroxylation is 1. The standard InChI is InChI=1S/C13H20N4O4S/c1-17-13(14-15-16-17)22-8-10-6-9(7-11(18)20-10)21-12-4-2-3-5-19-12/h9-10,12H,2-8H2,1H3/t9-,10+,12?/m1/s1. The van der Waals surface area contributed by atoms with Crippen LogP contribution < -0.4 is 0 Å². The summed E-state index contributed by atoms with van der Waals surface area (Å²) >= 11 is 1.47. The van der Waals surface area contributed by atoms with E-state index in [0.29, 0.717) is 23.8 Å². The summed E-state index contributed by atoms with van der Waals surface area (Å²) in [5, 5.41) is 12.0. The van der Waals surface area contributed by atoms with Crippen LogP contribution in [0, 0.1) is 0 Å². The van der Waals surface area contributed by atoms with E-state index in [0.717, 1.165) is 25.9 Å². The first-order chi connectivity index (χ1) is 10.7. The molecule has 0 spiro atoms. The van der Waals surface area contributed by atoms with Crippen LogP contribution in [0.4, 0.5) is 0 Å². The molecule has 0 aliphatic carbocycles. The lowest BCUT2D eigenvalue weighted by Crippen LogP contribution is -2.38. The number of nitrogens with zero attached hydrogens (tertiary/aromatic N) is 4. The summed E-state index contributed by atoms with van der Waals surface area (Å²) in [7, 11) is 1.78. The number of cyclic esters (lactones) is 1. The number of rotatable bonds is 5. The fraction of sp³-hybridized carbons (Fsp3) is 0.846. The highest BCUT2D eigenvalue weighted by Crippen LogP contribution is 2.26. The zero-order valence-corrected chi connectivity index (χ0v) is 13.3. The van der Waals surface area contributed by atoms with Gasteiger partial charge in [-0.1, -0.05) is 11.8 Å². The summed E-state index contributed by atoms with van der Waals surface area (Å²) in [6.45, 7) is 0.736. The molecule has 3 heterocycles. The maximum atomic E-state index is 11.8. The van der Waals surface area contributed by atoms with Gasteiger partial charge in [0.15, 0.2) is 6.29 Å². The van der Waals surface area contributed by atoms with Crippen LogP contribution in [-0.4, -0.2) is 57.0 Å². The molecule has 0 N–H and O–H groups in total. The van der Waals surface area contributed by atoms with Gasteiger partial charge >= 0.3 is 5.97 Å². The van der Waals surface area contributed by atoms with E-state index in [4.69, 9.17) is 14.2 Å². The first-order valence-electron chi connectivity index (χ1n) is 7.52. The van der Waals surface area contributed by atoms with Crippen LogP contribution in [0.1, 0.15) is 32.1 Å². The van der Waals surface area contributed by atoms with Gasteiger partial charge in [-0.2, -0.15) is 0 Å². The number of hydrogen-bond donors (Lipinski definition) is 0. The molecular weight excluding hydrogens is 308 g/mol. The van der Waals surface area contributed by atoms with E-state index in [2.05, 4.69) is 15.5 Å². The van der Waals surface area contributed by atoms with Crippen LogP contribution in [0.15, 0.2) is 5.16 Å². The highest BCUT2D eigenvalue weighted by atomic mass is 32.2. The van der Waals surface area contributed by atoms with Crippen molar-refractivity contribution in [3.8, 4) is 0 Å². The second kappa shape index (κ2) is 7.38. The molecule has 2 aliphatic rings. The largest absolute Gasteiger partial charge is 0.461 e. The average molecular weight is 328 g/mol. The molecule has 8 nitrogen and oxygen atoms in total. The summed E-state index contributed by atoms with van der Waals surface area (Å²) in [5.74, 6) is 0.402. The van der Waals surface area contributed by atoms with Gasteiger partial charge in [0.1, 0.15) is 6.10 Å². The van der Waals surface area contributed by atoms with E-state index in [9.17, 15) is 4.79 Å². The third kappa shape index (κ3) is 4.17. The molecule has 1 aromatic rings. The predicted molar refractivity (Wildman–Crippen MR) is 77.1 cm³/mol. The predicted octanol–water partition coefficient (Wildman–Crippen LogP) is 0.920. The number of carbonyl (C=O) groups excluding carboxylic acids is 1. The Labute approximate surface area is 132 Å². The van der Waals surface area contributed by atoms with Crippen LogP contribution >= 0.6 is 11.8 Å². The number of carbonyl (C=O) groups is 1. The van der Waals surface area contributed by atoms with Gasteiger partial charge in [0.05, 0.1) is 12.5 Å². The molecule has 9 heteroatoms. The van der Waals surface area contributed by atoms with Crippen LogP contribution in [0.25, 0.3) is 0 Å². The van der Waals surface area contributed by atoms with E-state index in [1.165, 1.54) is 11.8 Å². The molecule has 0 amide bonds. The Morgan fingerprint density at radius 1 is 1.45 bits per heavy atom. The minimum Gasteiger partial charge on any atom is -0.461 e. The van der Waals surface area contributed by atoms with Crippen LogP contribution in [0.2, 0.25) is 0 Å². The van der Waals surface area contributed by atoms with Crippen LogP contribution in [0.5, 0.6) is 0 Å². The molecular formula is C13H20N4O4S. The third-order valence-corrected chi connectivity index (χ3v) is 4.82. The van der Waals surface area contributed by atoms with Gasteiger partial charge < -0.3 is 14.2 Å². The Morgan fingerprint density at radius 2 is 2.36 bits per heavy atom. The highest BCUT2D eigenvalue weighted by molar-refractivity contribution is 7.99. The van der Waals surface area contributed by atoms with E-state index >= 15 is 0 Å². The van der Waals surface area contributed by atoms with Crippen molar-refractivity contribution in [3.05, 3.63) is 0 Å². The lowest BCUT2D eigenvalue weighted by atomic mass is 10.1. The lowest BCUT2D eigenvalue weighted by molar-refractivity contribution is -0.207. The molecule has 0 bridgehead atoms. The van der Waals surface area contributed by atoms with E-state index < -0.39 is 0 Å². The van der Waals surface area contributed by atoms with Gasteiger partial charge in [-0.25, -0.2) is 4.68 Å². The number of aromatic nitrogens is 4. The van der Waals surface area contributed by atoms with E-state index in [1.54, 1.807) is 11.7 Å². The molecule has 2 saturated heterocycles. The third-order valence-electron chi connectivity index (χ3n) is 3.68. The molecule has 2 aliphatic heterocycles. The Kier molecular flexibility index (Phi) is 5.27. The van der Waals surface area contributed by atoms with Gasteiger partial charge in [-0.15, -0.1) is 5.10 Å². The SMILES string of the molecule is Cn1nnnc1SC[C@@H]1C[C@@H](OC2CCCCO2)CC(=O)O1. The maximum Gasteiger partial charge on any atom is 0.308 e. The van der Waals surface area contributed by atoms with Crippen LogP contribution in [-0.2, 0) is 26.1 Å². The van der Waals surface area contributed by atoms with Gasteiger partial charge in [0, 0.05) is 25.8 Å². The molecule has 1 unspecified atom stereocenters. The van der Waals surface area contributed by atoms with Crippen molar-refractivity contribution in [1.29, 1.82) is 0 Å². The van der Waals surface area contributed by atoms with Crippen molar-refractivity contribution in [2.45, 2.75) is 55.8 Å². The van der Waals surface area contributed by atoms with Crippen molar-refractivity contribution in [3.63, 3.8) is 0 Å². The Balaban J connectivity index is 1.49.